The molecule has 16 heavy (non-hydrogen) atoms. The molecule has 0 aliphatic heterocycles. The van der Waals surface area contributed by atoms with E-state index in [1.165, 1.54) is 0 Å². The minimum absolute atomic E-state index is 0.916. The second-order valence-electron chi connectivity index (χ2n) is 3.78. The first kappa shape index (κ1) is 10.8. The third-order valence-corrected chi connectivity index (χ3v) is 2.61. The van der Waals surface area contributed by atoms with Crippen LogP contribution in [0.1, 0.15) is 0 Å². The molecule has 0 radical (unpaired) electrons. The van der Waals surface area contributed by atoms with Gasteiger partial charge in [0.25, 0.3) is 0 Å². The van der Waals surface area contributed by atoms with Gasteiger partial charge >= 0.3 is 0 Å². The fourth-order valence-corrected chi connectivity index (χ4v) is 1.68. The number of nitrogens with zero attached hydrogens (tertiary/aromatic N) is 3. The highest BCUT2D eigenvalue weighted by molar-refractivity contribution is 5.91. The number of rotatable bonds is 4. The number of hydrogen-bond acceptors (Lipinski definition) is 4. The Morgan fingerprint density at radius 1 is 1.31 bits per heavy atom. The van der Waals surface area contributed by atoms with Gasteiger partial charge in [-0.2, -0.15) is 5.10 Å². The summed E-state index contributed by atoms with van der Waals surface area (Å²) >= 11 is 0. The predicted molar refractivity (Wildman–Crippen MR) is 66.7 cm³/mol. The minimum atomic E-state index is 0.916. The predicted octanol–water partition coefficient (Wildman–Crippen LogP) is 1.29. The zero-order valence-electron chi connectivity index (χ0n) is 9.64. The van der Waals surface area contributed by atoms with Gasteiger partial charge in [-0.3, -0.25) is 0 Å². The van der Waals surface area contributed by atoms with E-state index in [1.54, 1.807) is 6.20 Å². The Morgan fingerprint density at radius 3 is 2.94 bits per heavy atom. The summed E-state index contributed by atoms with van der Waals surface area (Å²) in [4.78, 5) is 2.12. The molecule has 84 valence electrons. The summed E-state index contributed by atoms with van der Waals surface area (Å²) in [5.41, 5.74) is 0. The summed E-state index contributed by atoms with van der Waals surface area (Å²) in [5.74, 6) is 0.938. The van der Waals surface area contributed by atoms with Crippen LogP contribution in [0.15, 0.2) is 30.5 Å². The number of likely N-dealkylation sites (N-methyl/N-ethyl adjacent to an activating group) is 2. The van der Waals surface area contributed by atoms with Gasteiger partial charge in [0, 0.05) is 30.9 Å². The van der Waals surface area contributed by atoms with Crippen LogP contribution in [-0.4, -0.2) is 37.4 Å². The van der Waals surface area contributed by atoms with E-state index < -0.39 is 0 Å². The van der Waals surface area contributed by atoms with Crippen LogP contribution in [0.2, 0.25) is 0 Å². The van der Waals surface area contributed by atoms with Crippen LogP contribution in [0.3, 0.4) is 0 Å². The zero-order chi connectivity index (χ0) is 11.4. The molecule has 1 N–H and O–H groups in total. The van der Waals surface area contributed by atoms with Crippen molar-refractivity contribution >= 4 is 16.6 Å². The van der Waals surface area contributed by atoms with E-state index in [1.807, 2.05) is 26.2 Å². The maximum atomic E-state index is 4.21. The molecule has 0 aliphatic rings. The summed E-state index contributed by atoms with van der Waals surface area (Å²) in [6, 6.07) is 8.18. The topological polar surface area (TPSA) is 41.0 Å². The fraction of sp³-hybridized carbons (Fsp3) is 0.333. The first-order chi connectivity index (χ1) is 7.83. The third kappa shape index (κ3) is 2.12. The van der Waals surface area contributed by atoms with Crippen LogP contribution in [0.5, 0.6) is 0 Å². The molecule has 1 aromatic heterocycles. The highest BCUT2D eigenvalue weighted by Crippen LogP contribution is 2.21. The molecule has 0 unspecified atom stereocenters. The van der Waals surface area contributed by atoms with Crippen molar-refractivity contribution in [2.75, 3.05) is 32.1 Å². The van der Waals surface area contributed by atoms with Gasteiger partial charge in [-0.15, -0.1) is 5.10 Å². The van der Waals surface area contributed by atoms with Crippen LogP contribution >= 0.6 is 0 Å². The highest BCUT2D eigenvalue weighted by atomic mass is 15.2. The highest BCUT2D eigenvalue weighted by Gasteiger charge is 2.07. The van der Waals surface area contributed by atoms with Crippen molar-refractivity contribution in [1.82, 2.24) is 15.5 Å². The molecule has 1 aromatic carbocycles. The molecule has 0 aliphatic carbocycles. The molecular weight excluding hydrogens is 200 g/mol. The van der Waals surface area contributed by atoms with E-state index in [-0.39, 0.29) is 0 Å². The van der Waals surface area contributed by atoms with Crippen LogP contribution < -0.4 is 10.2 Å². The van der Waals surface area contributed by atoms with E-state index in [4.69, 9.17) is 0 Å². The Labute approximate surface area is 95.3 Å². The Balaban J connectivity index is 2.36. The van der Waals surface area contributed by atoms with Crippen molar-refractivity contribution in [1.29, 1.82) is 0 Å². The molecule has 0 bridgehead atoms. The maximum Gasteiger partial charge on any atom is 0.158 e. The largest absolute Gasteiger partial charge is 0.356 e. The number of fused-ring (bicyclic) bond motifs is 1. The Bertz CT molecular complexity index is 464. The lowest BCUT2D eigenvalue weighted by Gasteiger charge is -2.18. The summed E-state index contributed by atoms with van der Waals surface area (Å²) in [6.45, 7) is 1.85. The van der Waals surface area contributed by atoms with Crippen LogP contribution in [0, 0.1) is 0 Å². The van der Waals surface area contributed by atoms with E-state index in [2.05, 4.69) is 32.5 Å². The molecule has 0 fully saturated rings. The van der Waals surface area contributed by atoms with Crippen LogP contribution in [-0.2, 0) is 0 Å². The summed E-state index contributed by atoms with van der Waals surface area (Å²) in [7, 11) is 3.98. The third-order valence-electron chi connectivity index (χ3n) is 2.61. The van der Waals surface area contributed by atoms with Crippen molar-refractivity contribution in [3.63, 3.8) is 0 Å². The second kappa shape index (κ2) is 4.90. The first-order valence-corrected chi connectivity index (χ1v) is 5.39. The lowest BCUT2D eigenvalue weighted by molar-refractivity contribution is 0.758. The average molecular weight is 216 g/mol. The molecule has 0 saturated carbocycles. The molecule has 0 spiro atoms. The van der Waals surface area contributed by atoms with E-state index in [0.29, 0.717) is 0 Å². The SMILES string of the molecule is CNCCN(C)c1nncc2ccccc12. The van der Waals surface area contributed by atoms with Gasteiger partial charge < -0.3 is 10.2 Å². The number of hydrogen-bond donors (Lipinski definition) is 1. The van der Waals surface area contributed by atoms with Crippen molar-refractivity contribution < 1.29 is 0 Å². The van der Waals surface area contributed by atoms with Gasteiger partial charge in [0.05, 0.1) is 6.20 Å². The van der Waals surface area contributed by atoms with E-state index >= 15 is 0 Å². The first-order valence-electron chi connectivity index (χ1n) is 5.39. The average Bonchev–Trinajstić information content (AvgIpc) is 2.35. The molecule has 0 amide bonds. The number of nitrogens with one attached hydrogen (secondary N) is 1. The lowest BCUT2D eigenvalue weighted by Crippen LogP contribution is -2.28. The summed E-state index contributed by atoms with van der Waals surface area (Å²) in [6.07, 6.45) is 1.80. The summed E-state index contributed by atoms with van der Waals surface area (Å²) in [5, 5.41) is 13.6. The van der Waals surface area contributed by atoms with Crippen LogP contribution in [0.25, 0.3) is 10.8 Å². The smallest absolute Gasteiger partial charge is 0.158 e. The molecule has 2 rings (SSSR count). The molecule has 4 nitrogen and oxygen atoms in total. The minimum Gasteiger partial charge on any atom is -0.356 e. The Morgan fingerprint density at radius 2 is 2.12 bits per heavy atom. The maximum absolute atomic E-state index is 4.21. The van der Waals surface area contributed by atoms with Gasteiger partial charge in [0.2, 0.25) is 0 Å². The molecule has 0 atom stereocenters. The Kier molecular flexibility index (Phi) is 3.31. The zero-order valence-corrected chi connectivity index (χ0v) is 9.64. The van der Waals surface area contributed by atoms with Crippen LogP contribution in [0.4, 0.5) is 5.82 Å². The molecule has 0 saturated heterocycles. The molecular formula is C12H16N4. The monoisotopic (exact) mass is 216 g/mol. The van der Waals surface area contributed by atoms with Gasteiger partial charge in [0.15, 0.2) is 5.82 Å². The van der Waals surface area contributed by atoms with Crippen molar-refractivity contribution in [2.24, 2.45) is 0 Å². The molecule has 1 heterocycles. The van der Waals surface area contributed by atoms with Crippen molar-refractivity contribution in [3.8, 4) is 0 Å². The Hall–Kier alpha value is -1.68. The standard InChI is InChI=1S/C12H16N4/c1-13-7-8-16(2)12-11-6-4-3-5-10(11)9-14-15-12/h3-6,9,13H,7-8H2,1-2H3. The fourth-order valence-electron chi connectivity index (χ4n) is 1.68. The van der Waals surface area contributed by atoms with E-state index in [9.17, 15) is 0 Å². The second-order valence-corrected chi connectivity index (χ2v) is 3.78. The quantitative estimate of drug-likeness (QED) is 0.836. The van der Waals surface area contributed by atoms with Gasteiger partial charge in [0.1, 0.15) is 0 Å². The van der Waals surface area contributed by atoms with Gasteiger partial charge in [-0.25, -0.2) is 0 Å². The van der Waals surface area contributed by atoms with Gasteiger partial charge in [-0.1, -0.05) is 24.3 Å². The van der Waals surface area contributed by atoms with E-state index in [0.717, 1.165) is 29.7 Å². The molecule has 4 heteroatoms. The van der Waals surface area contributed by atoms with Gasteiger partial charge in [-0.05, 0) is 7.05 Å². The number of anilines is 1. The van der Waals surface area contributed by atoms with Crippen molar-refractivity contribution in [3.05, 3.63) is 30.5 Å². The lowest BCUT2D eigenvalue weighted by atomic mass is 10.2. The molecule has 2 aromatic rings. The number of benzene rings is 1. The summed E-state index contributed by atoms with van der Waals surface area (Å²) < 4.78 is 0. The van der Waals surface area contributed by atoms with Crippen molar-refractivity contribution in [2.45, 2.75) is 0 Å². The normalized spacial score (nSPS) is 10.6. The number of aromatic nitrogens is 2.